The lowest BCUT2D eigenvalue weighted by Gasteiger charge is -2.22. The zero-order valence-electron chi connectivity index (χ0n) is 17.6. The second-order valence-electron chi connectivity index (χ2n) is 7.90. The van der Waals surface area contributed by atoms with E-state index in [1.165, 1.54) is 5.56 Å². The van der Waals surface area contributed by atoms with Crippen LogP contribution in [-0.4, -0.2) is 34.6 Å². The zero-order chi connectivity index (χ0) is 22.4. The molecule has 0 aliphatic rings. The van der Waals surface area contributed by atoms with E-state index < -0.39 is 12.0 Å². The predicted molar refractivity (Wildman–Crippen MR) is 123 cm³/mol. The van der Waals surface area contributed by atoms with Crippen LogP contribution in [0, 0.1) is 5.92 Å². The third-order valence-corrected chi connectivity index (χ3v) is 5.93. The molecular weight excluding hydrogens is 410 g/mol. The molecule has 4 N–H and O–H groups in total. The summed E-state index contributed by atoms with van der Waals surface area (Å²) in [6, 6.07) is 14.3. The van der Waals surface area contributed by atoms with Gasteiger partial charge in [-0.05, 0) is 35.6 Å². The Bertz CT molecular complexity index is 1000. The van der Waals surface area contributed by atoms with Crippen LogP contribution in [0.2, 0.25) is 0 Å². The zero-order valence-corrected chi connectivity index (χ0v) is 18.4. The summed E-state index contributed by atoms with van der Waals surface area (Å²) in [5, 5.41) is 14.0. The third kappa shape index (κ3) is 5.99. The van der Waals surface area contributed by atoms with Crippen molar-refractivity contribution in [3.8, 4) is 11.3 Å². The monoisotopic (exact) mass is 437 g/mol. The van der Waals surface area contributed by atoms with Crippen molar-refractivity contribution in [1.82, 2.24) is 10.3 Å². The Morgan fingerprint density at radius 3 is 2.32 bits per heavy atom. The van der Waals surface area contributed by atoms with Crippen molar-refractivity contribution in [2.75, 3.05) is 6.54 Å². The first-order chi connectivity index (χ1) is 14.8. The lowest BCUT2D eigenvalue weighted by molar-refractivity contribution is -0.138. The first-order valence-corrected chi connectivity index (χ1v) is 11.1. The smallest absolute Gasteiger partial charge is 0.320 e. The predicted octanol–water partition coefficient (Wildman–Crippen LogP) is 3.93. The second-order valence-corrected chi connectivity index (χ2v) is 8.62. The highest BCUT2D eigenvalue weighted by Crippen LogP contribution is 2.27. The first kappa shape index (κ1) is 22.7. The number of nitrogens with zero attached hydrogens (tertiary/aromatic N) is 1. The highest BCUT2D eigenvalue weighted by molar-refractivity contribution is 7.07. The minimum atomic E-state index is -1.04. The Hall–Kier alpha value is -3.03. The highest BCUT2D eigenvalue weighted by atomic mass is 32.1. The summed E-state index contributed by atoms with van der Waals surface area (Å²) in [4.78, 5) is 27.8. The summed E-state index contributed by atoms with van der Waals surface area (Å²) in [5.74, 6) is -0.661. The summed E-state index contributed by atoms with van der Waals surface area (Å²) in [7, 11) is 0. The number of carboxylic acids is 1. The van der Waals surface area contributed by atoms with Crippen LogP contribution < -0.4 is 11.1 Å². The van der Waals surface area contributed by atoms with Crippen molar-refractivity contribution in [2.24, 2.45) is 11.7 Å². The van der Waals surface area contributed by atoms with Crippen molar-refractivity contribution in [3.63, 3.8) is 0 Å². The largest absolute Gasteiger partial charge is 0.480 e. The van der Waals surface area contributed by atoms with Gasteiger partial charge in [-0.15, -0.1) is 11.3 Å². The minimum absolute atomic E-state index is 0.154. The molecule has 2 aromatic carbocycles. The summed E-state index contributed by atoms with van der Waals surface area (Å²) in [6.45, 7) is 4.81. The number of hydrogen-bond acceptors (Lipinski definition) is 5. The Morgan fingerprint density at radius 1 is 1.10 bits per heavy atom. The van der Waals surface area contributed by atoms with E-state index in [4.69, 9.17) is 10.8 Å². The van der Waals surface area contributed by atoms with Crippen LogP contribution in [0.5, 0.6) is 0 Å². The van der Waals surface area contributed by atoms with E-state index in [1.807, 2.05) is 10.9 Å². The number of carboxylic acid groups (broad SMARTS) is 1. The van der Waals surface area contributed by atoms with Crippen molar-refractivity contribution < 1.29 is 14.7 Å². The number of nitrogens with one attached hydrogen (secondary N) is 1. The van der Waals surface area contributed by atoms with Gasteiger partial charge in [0.05, 0.1) is 11.2 Å². The third-order valence-electron chi connectivity index (χ3n) is 5.34. The van der Waals surface area contributed by atoms with Gasteiger partial charge in [-0.25, -0.2) is 4.98 Å². The van der Waals surface area contributed by atoms with E-state index in [1.54, 1.807) is 35.6 Å². The van der Waals surface area contributed by atoms with E-state index in [9.17, 15) is 9.59 Å². The van der Waals surface area contributed by atoms with Crippen LogP contribution in [0.4, 0.5) is 0 Å². The molecule has 162 valence electrons. The fraction of sp³-hybridized carbons (Fsp3) is 0.292. The van der Waals surface area contributed by atoms with Gasteiger partial charge in [0.1, 0.15) is 6.04 Å². The van der Waals surface area contributed by atoms with E-state index >= 15 is 0 Å². The van der Waals surface area contributed by atoms with Gasteiger partial charge in [0.25, 0.3) is 5.91 Å². The molecule has 0 bridgehead atoms. The molecule has 1 heterocycles. The van der Waals surface area contributed by atoms with Crippen molar-refractivity contribution in [3.05, 3.63) is 76.1 Å². The number of aromatic nitrogens is 1. The average molecular weight is 438 g/mol. The lowest BCUT2D eigenvalue weighted by atomic mass is 9.87. The highest BCUT2D eigenvalue weighted by Gasteiger charge is 2.18. The number of carbonyl (C=O) groups excluding carboxylic acids is 1. The Labute approximate surface area is 186 Å². The maximum Gasteiger partial charge on any atom is 0.320 e. The average Bonchev–Trinajstić information content (AvgIpc) is 3.29. The number of rotatable bonds is 9. The molecule has 0 saturated carbocycles. The van der Waals surface area contributed by atoms with Gasteiger partial charge in [-0.2, -0.15) is 0 Å². The molecule has 7 heteroatoms. The van der Waals surface area contributed by atoms with E-state index in [0.29, 0.717) is 18.0 Å². The quantitative estimate of drug-likeness (QED) is 0.470. The van der Waals surface area contributed by atoms with Gasteiger partial charge in [-0.3, -0.25) is 9.59 Å². The van der Waals surface area contributed by atoms with Gasteiger partial charge >= 0.3 is 5.97 Å². The number of amides is 1. The molecule has 0 fully saturated rings. The topological polar surface area (TPSA) is 105 Å². The molecule has 3 rings (SSSR count). The number of nitrogens with two attached hydrogens (primary N) is 1. The number of aliphatic carboxylic acids is 1. The molecule has 1 unspecified atom stereocenters. The number of benzene rings is 2. The van der Waals surface area contributed by atoms with E-state index in [2.05, 4.69) is 48.4 Å². The van der Waals surface area contributed by atoms with Crippen LogP contribution in [0.3, 0.4) is 0 Å². The van der Waals surface area contributed by atoms with Crippen LogP contribution in [0.25, 0.3) is 11.3 Å². The Morgan fingerprint density at radius 2 is 1.77 bits per heavy atom. The summed E-state index contributed by atoms with van der Waals surface area (Å²) in [5.41, 5.74) is 11.9. The molecule has 0 saturated heterocycles. The molecule has 3 aromatic rings. The Balaban J connectivity index is 1.62. The standard InChI is InChI=1S/C24H27N3O3S/c1-15(2)20(17-7-9-18(10-8-17)22-13-31-14-27-22)12-26-23(28)19-5-3-16(4-6-19)11-21(25)24(29)30/h3-10,13-15,20-21H,11-12,25H2,1-2H3,(H,26,28)(H,29,30)/t20-,21?/m1/s1. The summed E-state index contributed by atoms with van der Waals surface area (Å²) >= 11 is 1.57. The molecule has 1 aromatic heterocycles. The molecule has 6 nitrogen and oxygen atoms in total. The van der Waals surface area contributed by atoms with E-state index in [-0.39, 0.29) is 18.2 Å². The molecule has 2 atom stereocenters. The summed E-state index contributed by atoms with van der Waals surface area (Å²) < 4.78 is 0. The second kappa shape index (κ2) is 10.3. The van der Waals surface area contributed by atoms with Crippen LogP contribution >= 0.6 is 11.3 Å². The molecule has 1 amide bonds. The first-order valence-electron chi connectivity index (χ1n) is 10.2. The van der Waals surface area contributed by atoms with Gasteiger partial charge in [-0.1, -0.05) is 50.2 Å². The normalized spacial score (nSPS) is 13.0. The molecule has 0 radical (unpaired) electrons. The maximum absolute atomic E-state index is 12.6. The molecule has 0 aliphatic carbocycles. The molecular formula is C24H27N3O3S. The number of carbonyl (C=O) groups is 2. The number of thiazole rings is 1. The fourth-order valence-electron chi connectivity index (χ4n) is 3.43. The van der Waals surface area contributed by atoms with Crippen molar-refractivity contribution >= 4 is 23.2 Å². The SMILES string of the molecule is CC(C)[C@@H](CNC(=O)c1ccc(CC(N)C(=O)O)cc1)c1ccc(-c2cscn2)cc1. The van der Waals surface area contributed by atoms with Gasteiger partial charge < -0.3 is 16.2 Å². The van der Waals surface area contributed by atoms with Gasteiger partial charge in [0.2, 0.25) is 0 Å². The van der Waals surface area contributed by atoms with E-state index in [0.717, 1.165) is 16.8 Å². The lowest BCUT2D eigenvalue weighted by Crippen LogP contribution is -2.32. The Kier molecular flexibility index (Phi) is 7.55. The maximum atomic E-state index is 12.6. The van der Waals surface area contributed by atoms with Crippen molar-refractivity contribution in [2.45, 2.75) is 32.2 Å². The van der Waals surface area contributed by atoms with Gasteiger partial charge in [0.15, 0.2) is 0 Å². The molecule has 0 aliphatic heterocycles. The molecule has 31 heavy (non-hydrogen) atoms. The number of hydrogen-bond donors (Lipinski definition) is 3. The van der Waals surface area contributed by atoms with Crippen LogP contribution in [0.15, 0.2) is 59.4 Å². The minimum Gasteiger partial charge on any atom is -0.480 e. The van der Waals surface area contributed by atoms with Crippen LogP contribution in [-0.2, 0) is 11.2 Å². The van der Waals surface area contributed by atoms with Crippen LogP contribution in [0.1, 0.15) is 41.3 Å². The summed E-state index contributed by atoms with van der Waals surface area (Å²) in [6.07, 6.45) is 0.226. The van der Waals surface area contributed by atoms with Gasteiger partial charge in [0, 0.05) is 29.0 Å². The fourth-order valence-corrected chi connectivity index (χ4v) is 3.99. The van der Waals surface area contributed by atoms with Crippen molar-refractivity contribution in [1.29, 1.82) is 0 Å². The molecule has 0 spiro atoms.